The number of hydrogen-bond donors (Lipinski definition) is 1. The lowest BCUT2D eigenvalue weighted by atomic mass is 10.0. The number of para-hydroxylation sites is 1. The summed E-state index contributed by atoms with van der Waals surface area (Å²) >= 11 is 5.34. The Hall–Kier alpha value is -3.51. The molecule has 6 heteroatoms. The maximum absolute atomic E-state index is 13.4. The minimum absolute atomic E-state index is 0.0570. The van der Waals surface area contributed by atoms with Crippen molar-refractivity contribution in [3.05, 3.63) is 88.2 Å². The molecule has 0 saturated carbocycles. The van der Waals surface area contributed by atoms with Gasteiger partial charge < -0.3 is 4.57 Å². The second-order valence-corrected chi connectivity index (χ2v) is 9.04. The van der Waals surface area contributed by atoms with Crippen molar-refractivity contribution < 1.29 is 9.59 Å². The molecule has 1 aliphatic rings. The molecule has 0 spiro atoms. The van der Waals surface area contributed by atoms with Gasteiger partial charge in [0.1, 0.15) is 5.57 Å². The highest BCUT2D eigenvalue weighted by Gasteiger charge is 2.34. The summed E-state index contributed by atoms with van der Waals surface area (Å²) in [4.78, 5) is 27.5. The number of aromatic nitrogens is 1. The van der Waals surface area contributed by atoms with E-state index < -0.39 is 11.8 Å². The van der Waals surface area contributed by atoms with Crippen molar-refractivity contribution in [2.24, 2.45) is 0 Å². The Balaban J connectivity index is 1.74. The van der Waals surface area contributed by atoms with Gasteiger partial charge in [-0.25, -0.2) is 0 Å². The number of aryl methyl sites for hydroxylation is 2. The van der Waals surface area contributed by atoms with Crippen molar-refractivity contribution in [2.45, 2.75) is 40.5 Å². The molecule has 0 unspecified atom stereocenters. The normalized spacial score (nSPS) is 15.5. The number of nitrogens with one attached hydrogen (secondary N) is 1. The minimum Gasteiger partial charge on any atom is -0.318 e. The van der Waals surface area contributed by atoms with Gasteiger partial charge in [-0.05, 0) is 85.9 Å². The molecule has 5 nitrogen and oxygen atoms in total. The van der Waals surface area contributed by atoms with Gasteiger partial charge in [0.25, 0.3) is 11.8 Å². The van der Waals surface area contributed by atoms with Crippen LogP contribution in [-0.2, 0) is 9.59 Å². The molecule has 0 atom stereocenters. The Morgan fingerprint density at radius 2 is 1.64 bits per heavy atom. The summed E-state index contributed by atoms with van der Waals surface area (Å²) in [6, 6.07) is 17.8. The molecule has 2 aromatic carbocycles. The number of carbonyl (C=O) groups excluding carboxylic acids is 2. The fraction of sp³-hybridized carbons (Fsp3) is 0.222. The standard InChI is InChI=1S/C27H27N3O2S/c1-16(2)20-10-12-22(13-11-20)30-26(32)23(25(31)28-27(30)33)15-21-14-18(4)29(19(21)5)24-9-7-6-8-17(24)3/h6-16H,1-5H3,(H,28,31,33)/b23-15+. The minimum atomic E-state index is -0.485. The van der Waals surface area contributed by atoms with Gasteiger partial charge in [-0.1, -0.05) is 44.2 Å². The number of nitrogens with zero attached hydrogens (tertiary/aromatic N) is 2. The third-order valence-electron chi connectivity index (χ3n) is 6.05. The van der Waals surface area contributed by atoms with E-state index in [1.54, 1.807) is 6.08 Å². The van der Waals surface area contributed by atoms with Crippen LogP contribution in [0.4, 0.5) is 5.69 Å². The van der Waals surface area contributed by atoms with Gasteiger partial charge in [-0.15, -0.1) is 0 Å². The average Bonchev–Trinajstić information content (AvgIpc) is 3.04. The van der Waals surface area contributed by atoms with E-state index in [-0.39, 0.29) is 10.7 Å². The highest BCUT2D eigenvalue weighted by atomic mass is 32.1. The largest absolute Gasteiger partial charge is 0.318 e. The molecule has 1 saturated heterocycles. The second kappa shape index (κ2) is 8.79. The maximum atomic E-state index is 13.4. The average molecular weight is 458 g/mol. The molecule has 1 aromatic heterocycles. The van der Waals surface area contributed by atoms with E-state index in [1.807, 2.05) is 56.3 Å². The van der Waals surface area contributed by atoms with Gasteiger partial charge >= 0.3 is 0 Å². The lowest BCUT2D eigenvalue weighted by Crippen LogP contribution is -2.54. The Morgan fingerprint density at radius 1 is 0.970 bits per heavy atom. The first kappa shape index (κ1) is 22.7. The zero-order valence-corrected chi connectivity index (χ0v) is 20.3. The number of carbonyl (C=O) groups is 2. The van der Waals surface area contributed by atoms with Crippen LogP contribution in [0.2, 0.25) is 0 Å². The molecule has 1 N–H and O–H groups in total. The molecule has 0 radical (unpaired) electrons. The number of hydrogen-bond acceptors (Lipinski definition) is 3. The Kier molecular flexibility index (Phi) is 6.04. The fourth-order valence-electron chi connectivity index (χ4n) is 4.17. The van der Waals surface area contributed by atoms with E-state index in [9.17, 15) is 9.59 Å². The van der Waals surface area contributed by atoms with Crippen LogP contribution in [0, 0.1) is 20.8 Å². The zero-order chi connectivity index (χ0) is 23.9. The summed E-state index contributed by atoms with van der Waals surface area (Å²) in [6.07, 6.45) is 1.66. The smallest absolute Gasteiger partial charge is 0.270 e. The first-order valence-corrected chi connectivity index (χ1v) is 11.4. The van der Waals surface area contributed by atoms with Crippen LogP contribution in [0.1, 0.15) is 47.8 Å². The molecule has 168 valence electrons. The summed E-state index contributed by atoms with van der Waals surface area (Å²) in [5.74, 6) is -0.538. The number of rotatable bonds is 4. The van der Waals surface area contributed by atoms with E-state index in [4.69, 9.17) is 12.2 Å². The summed E-state index contributed by atoms with van der Waals surface area (Å²) in [5, 5.41) is 2.76. The van der Waals surface area contributed by atoms with Crippen LogP contribution < -0.4 is 10.2 Å². The van der Waals surface area contributed by atoms with E-state index in [0.29, 0.717) is 11.6 Å². The highest BCUT2D eigenvalue weighted by Crippen LogP contribution is 2.28. The first-order chi connectivity index (χ1) is 15.7. The molecular formula is C27H27N3O2S. The van der Waals surface area contributed by atoms with Crippen molar-refractivity contribution in [3.63, 3.8) is 0 Å². The molecule has 0 bridgehead atoms. The van der Waals surface area contributed by atoms with Crippen molar-refractivity contribution in [2.75, 3.05) is 4.90 Å². The number of anilines is 1. The van der Waals surface area contributed by atoms with Gasteiger partial charge in [0.2, 0.25) is 0 Å². The predicted octanol–water partition coefficient (Wildman–Crippen LogP) is 5.36. The third kappa shape index (κ3) is 4.14. The molecule has 4 rings (SSSR count). The molecular weight excluding hydrogens is 430 g/mol. The molecule has 3 aromatic rings. The van der Waals surface area contributed by atoms with E-state index in [0.717, 1.165) is 33.8 Å². The van der Waals surface area contributed by atoms with Crippen LogP contribution in [0.3, 0.4) is 0 Å². The van der Waals surface area contributed by atoms with Crippen LogP contribution in [0.5, 0.6) is 0 Å². The SMILES string of the molecule is Cc1ccccc1-n1c(C)cc(/C=C2\C(=O)NC(=S)N(c3ccc(C(C)C)cc3)C2=O)c1C. The molecule has 2 heterocycles. The Morgan fingerprint density at radius 3 is 2.27 bits per heavy atom. The van der Waals surface area contributed by atoms with Crippen LogP contribution in [0.15, 0.2) is 60.2 Å². The second-order valence-electron chi connectivity index (χ2n) is 8.65. The zero-order valence-electron chi connectivity index (χ0n) is 19.5. The quantitative estimate of drug-likeness (QED) is 0.326. The molecule has 33 heavy (non-hydrogen) atoms. The van der Waals surface area contributed by atoms with Crippen LogP contribution in [0.25, 0.3) is 11.8 Å². The topological polar surface area (TPSA) is 54.3 Å². The van der Waals surface area contributed by atoms with Crippen molar-refractivity contribution in [1.29, 1.82) is 0 Å². The number of thiocarbonyl (C=S) groups is 1. The molecule has 0 aliphatic carbocycles. The lowest BCUT2D eigenvalue weighted by Gasteiger charge is -2.29. The van der Waals surface area contributed by atoms with Crippen molar-refractivity contribution >= 4 is 40.9 Å². The third-order valence-corrected chi connectivity index (χ3v) is 6.33. The van der Waals surface area contributed by atoms with Crippen molar-refractivity contribution in [3.8, 4) is 5.69 Å². The van der Waals surface area contributed by atoms with E-state index in [1.165, 1.54) is 4.90 Å². The first-order valence-electron chi connectivity index (χ1n) is 11.0. The van der Waals surface area contributed by atoms with Gasteiger partial charge in [0.05, 0.1) is 5.69 Å². The van der Waals surface area contributed by atoms with E-state index >= 15 is 0 Å². The highest BCUT2D eigenvalue weighted by molar-refractivity contribution is 7.80. The van der Waals surface area contributed by atoms with Gasteiger partial charge in [-0.2, -0.15) is 0 Å². The Bertz CT molecular complexity index is 1300. The monoisotopic (exact) mass is 457 g/mol. The Labute approximate surface area is 199 Å². The van der Waals surface area contributed by atoms with Crippen LogP contribution in [-0.4, -0.2) is 21.5 Å². The van der Waals surface area contributed by atoms with Gasteiger partial charge in [0, 0.05) is 17.1 Å². The summed E-state index contributed by atoms with van der Waals surface area (Å²) in [6.45, 7) is 10.3. The van der Waals surface area contributed by atoms with Crippen molar-refractivity contribution in [1.82, 2.24) is 9.88 Å². The summed E-state index contributed by atoms with van der Waals surface area (Å²) < 4.78 is 2.14. The fourth-order valence-corrected chi connectivity index (χ4v) is 4.46. The number of amides is 2. The lowest BCUT2D eigenvalue weighted by molar-refractivity contribution is -0.122. The maximum Gasteiger partial charge on any atom is 0.270 e. The van der Waals surface area contributed by atoms with Crippen LogP contribution >= 0.6 is 12.2 Å². The molecule has 2 amide bonds. The van der Waals surface area contributed by atoms with Gasteiger partial charge in [0.15, 0.2) is 5.11 Å². The molecule has 1 fully saturated rings. The van der Waals surface area contributed by atoms with E-state index in [2.05, 4.69) is 42.8 Å². The number of benzene rings is 2. The summed E-state index contributed by atoms with van der Waals surface area (Å²) in [5.41, 5.74) is 6.86. The molecule has 1 aliphatic heterocycles. The van der Waals surface area contributed by atoms with Gasteiger partial charge in [-0.3, -0.25) is 19.8 Å². The predicted molar refractivity (Wildman–Crippen MR) is 137 cm³/mol. The summed E-state index contributed by atoms with van der Waals surface area (Å²) in [7, 11) is 0.